The average molecular weight is 1040 g/mol. The Balaban J connectivity index is 1.19. The molecule has 2 amide bonds. The van der Waals surface area contributed by atoms with Gasteiger partial charge in [-0.25, -0.2) is 0 Å². The van der Waals surface area contributed by atoms with Crippen LogP contribution in [0.4, 0.5) is 0 Å². The molecule has 5 aromatic carbocycles. The highest BCUT2D eigenvalue weighted by atomic mass is 16.8. The minimum Gasteiger partial charge on any atom is -0.394 e. The average Bonchev–Trinajstić information content (AvgIpc) is 3.42. The first-order valence-electron chi connectivity index (χ1n) is 25.2. The van der Waals surface area contributed by atoms with Crippen LogP contribution in [0.2, 0.25) is 0 Å². The van der Waals surface area contributed by atoms with Crippen LogP contribution in [0.15, 0.2) is 152 Å². The smallest absolute Gasteiger partial charge is 0.217 e. The van der Waals surface area contributed by atoms with Gasteiger partial charge in [0.05, 0.1) is 52.9 Å². The molecule has 0 saturated carbocycles. The zero-order valence-corrected chi connectivity index (χ0v) is 41.9. The summed E-state index contributed by atoms with van der Waals surface area (Å²) in [5.74, 6) is -0.966. The zero-order chi connectivity index (χ0) is 52.5. The lowest BCUT2D eigenvalue weighted by Gasteiger charge is -2.51. The van der Waals surface area contributed by atoms with Crippen molar-refractivity contribution in [3.8, 4) is 0 Å². The molecule has 0 radical (unpaired) electrons. The predicted octanol–water partition coefficient (Wildman–Crippen LogP) is 3.84. The fraction of sp³-hybridized carbons (Fsp3) is 0.439. The van der Waals surface area contributed by atoms with Crippen molar-refractivity contribution in [2.24, 2.45) is 0 Å². The number of hydrogen-bond acceptors (Lipinski definition) is 16. The molecule has 75 heavy (non-hydrogen) atoms. The second-order valence-electron chi connectivity index (χ2n) is 18.8. The number of hydrogen-bond donors (Lipinski definition) is 6. The number of aliphatic hydroxyl groups excluding tert-OH is 4. The molecule has 0 spiro atoms. The third-order valence-corrected chi connectivity index (χ3v) is 13.1. The molecule has 3 heterocycles. The first kappa shape index (κ1) is 55.7. The molecule has 0 aromatic heterocycles. The zero-order valence-electron chi connectivity index (χ0n) is 41.9. The molecule has 0 unspecified atom stereocenters. The van der Waals surface area contributed by atoms with Crippen molar-refractivity contribution in [2.75, 3.05) is 19.8 Å². The first-order valence-corrected chi connectivity index (χ1v) is 25.2. The van der Waals surface area contributed by atoms with Crippen LogP contribution >= 0.6 is 0 Å². The van der Waals surface area contributed by atoms with Gasteiger partial charge in [-0.2, -0.15) is 0 Å². The maximum atomic E-state index is 13.6. The van der Waals surface area contributed by atoms with Gasteiger partial charge in [-0.1, -0.05) is 152 Å². The van der Waals surface area contributed by atoms with Gasteiger partial charge in [-0.05, 0) is 27.8 Å². The van der Waals surface area contributed by atoms with Crippen LogP contribution in [-0.2, 0) is 90.0 Å². The van der Waals surface area contributed by atoms with E-state index >= 15 is 0 Å². The Morgan fingerprint density at radius 3 is 1.23 bits per heavy atom. The Kier molecular flexibility index (Phi) is 20.8. The summed E-state index contributed by atoms with van der Waals surface area (Å²) < 4.78 is 66.1. The molecule has 15 atom stereocenters. The summed E-state index contributed by atoms with van der Waals surface area (Å²) >= 11 is 0. The van der Waals surface area contributed by atoms with Crippen LogP contribution in [0.25, 0.3) is 0 Å². The summed E-state index contributed by atoms with van der Waals surface area (Å²) in [6, 6.07) is 44.5. The van der Waals surface area contributed by atoms with Gasteiger partial charge in [0.15, 0.2) is 18.9 Å². The van der Waals surface area contributed by atoms with E-state index in [1.807, 2.05) is 152 Å². The minimum absolute atomic E-state index is 0.00602. The van der Waals surface area contributed by atoms with Gasteiger partial charge in [0.25, 0.3) is 0 Å². The van der Waals surface area contributed by atoms with Crippen LogP contribution in [0.1, 0.15) is 41.7 Å². The molecular weight excluding hydrogens is 969 g/mol. The van der Waals surface area contributed by atoms with E-state index < -0.39 is 110 Å². The highest BCUT2D eigenvalue weighted by molar-refractivity contribution is 5.73. The van der Waals surface area contributed by atoms with E-state index in [2.05, 4.69) is 10.6 Å². The first-order chi connectivity index (χ1) is 36.5. The highest BCUT2D eigenvalue weighted by Crippen LogP contribution is 2.36. The molecule has 18 nitrogen and oxygen atoms in total. The van der Waals surface area contributed by atoms with Gasteiger partial charge in [0.2, 0.25) is 11.8 Å². The molecule has 6 N–H and O–H groups in total. The van der Waals surface area contributed by atoms with Crippen LogP contribution in [0.5, 0.6) is 0 Å². The third kappa shape index (κ3) is 15.6. The maximum Gasteiger partial charge on any atom is 0.217 e. The number of amides is 2. The van der Waals surface area contributed by atoms with E-state index in [1.165, 1.54) is 13.8 Å². The van der Waals surface area contributed by atoms with Crippen molar-refractivity contribution in [1.82, 2.24) is 10.6 Å². The number of ether oxygens (including phenoxy) is 10. The number of aliphatic hydroxyl groups is 4. The minimum atomic E-state index is -1.60. The number of rotatable bonds is 24. The van der Waals surface area contributed by atoms with Gasteiger partial charge in [-0.3, -0.25) is 9.59 Å². The van der Waals surface area contributed by atoms with Gasteiger partial charge in [0, 0.05) is 13.8 Å². The van der Waals surface area contributed by atoms with E-state index in [-0.39, 0.29) is 46.2 Å². The van der Waals surface area contributed by atoms with Crippen molar-refractivity contribution in [3.63, 3.8) is 0 Å². The molecule has 3 saturated heterocycles. The Hall–Kier alpha value is -5.52. The Bertz CT molecular complexity index is 2450. The summed E-state index contributed by atoms with van der Waals surface area (Å²) in [4.78, 5) is 26.4. The van der Waals surface area contributed by atoms with E-state index in [0.717, 1.165) is 27.8 Å². The number of benzene rings is 5. The SMILES string of the molecule is CC(=O)N[C@@H]1[C@@H](OCc2ccccc2)[C@H](O[C@@H]2O[C@H](COCc3ccccc3)[C@@H](O[C@@H]3O[C@H](CO)[C@@H](O)[C@H](O)[C@@H]3OCc3ccccc3)[C@H](OCc3ccccc3)[C@H]2NC(C)=O)[C@@H](COCc2ccccc2)O[C@H]1O. The lowest BCUT2D eigenvalue weighted by Crippen LogP contribution is -2.71. The lowest BCUT2D eigenvalue weighted by molar-refractivity contribution is -0.370. The van der Waals surface area contributed by atoms with Crippen LogP contribution in [0, 0.1) is 0 Å². The third-order valence-electron chi connectivity index (χ3n) is 13.1. The van der Waals surface area contributed by atoms with Crippen LogP contribution in [0.3, 0.4) is 0 Å². The molecule has 3 fully saturated rings. The summed E-state index contributed by atoms with van der Waals surface area (Å²) in [6.45, 7) is 2.02. The Labute approximate surface area is 436 Å². The quantitative estimate of drug-likeness (QED) is 0.0516. The van der Waals surface area contributed by atoms with Gasteiger partial charge >= 0.3 is 0 Å². The molecule has 0 bridgehead atoms. The van der Waals surface area contributed by atoms with E-state index in [9.17, 15) is 30.0 Å². The van der Waals surface area contributed by atoms with Crippen LogP contribution < -0.4 is 10.6 Å². The standard InChI is InChI=1S/C57H68N2O16/c1-36(61)58-46-52(68-31-40-22-12-5-13-23-40)50(44(71-55(46)65)34-66-29-38-18-8-3-9-19-38)74-56-47(59-37(2)62)53(69-32-41-24-14-6-15-25-41)51(45(73-56)35-67-30-39-20-10-4-11-21-39)75-57-54(49(64)48(63)43(28-60)72-57)70-33-42-26-16-7-17-27-42/h3-27,43-57,60,63-65H,28-35H2,1-2H3,(H,58,61)(H,59,62)/t43-,44-,45-,46-,47-,48-,49+,50-,51-,52-,53-,54+,55-,56+,57+/m1/s1. The van der Waals surface area contributed by atoms with Crippen LogP contribution in [-0.4, -0.2) is 144 Å². The van der Waals surface area contributed by atoms with E-state index in [1.54, 1.807) is 0 Å². The second kappa shape index (κ2) is 28.0. The predicted molar refractivity (Wildman–Crippen MR) is 270 cm³/mol. The van der Waals surface area contributed by atoms with Crippen molar-refractivity contribution < 1.29 is 77.4 Å². The topological polar surface area (TPSA) is 231 Å². The Morgan fingerprint density at radius 1 is 0.440 bits per heavy atom. The molecule has 18 heteroatoms. The summed E-state index contributed by atoms with van der Waals surface area (Å²) in [6.07, 6.45) is -17.2. The molecule has 3 aliphatic rings. The van der Waals surface area contributed by atoms with E-state index in [0.29, 0.717) is 0 Å². The number of carbonyl (C=O) groups is 2. The summed E-state index contributed by atoms with van der Waals surface area (Å²) in [5.41, 5.74) is 4.07. The van der Waals surface area contributed by atoms with Gasteiger partial charge in [-0.15, -0.1) is 0 Å². The monoisotopic (exact) mass is 1040 g/mol. The Morgan fingerprint density at radius 2 is 0.800 bits per heavy atom. The largest absolute Gasteiger partial charge is 0.394 e. The number of carbonyl (C=O) groups excluding carboxylic acids is 2. The summed E-state index contributed by atoms with van der Waals surface area (Å²) in [5, 5.41) is 50.7. The highest BCUT2D eigenvalue weighted by Gasteiger charge is 2.56. The molecule has 8 rings (SSSR count). The van der Waals surface area contributed by atoms with Crippen molar-refractivity contribution in [2.45, 2.75) is 139 Å². The summed E-state index contributed by atoms with van der Waals surface area (Å²) in [7, 11) is 0. The van der Waals surface area contributed by atoms with Crippen molar-refractivity contribution in [1.29, 1.82) is 0 Å². The van der Waals surface area contributed by atoms with Gasteiger partial charge in [0.1, 0.15) is 73.1 Å². The normalized spacial score (nSPS) is 29.8. The fourth-order valence-electron chi connectivity index (χ4n) is 9.40. The molecular formula is C57H68N2O16. The molecule has 0 aliphatic carbocycles. The molecule has 5 aromatic rings. The molecule has 402 valence electrons. The van der Waals surface area contributed by atoms with Gasteiger partial charge < -0.3 is 78.4 Å². The molecule has 3 aliphatic heterocycles. The van der Waals surface area contributed by atoms with E-state index in [4.69, 9.17) is 47.4 Å². The lowest BCUT2D eigenvalue weighted by atomic mass is 9.93. The van der Waals surface area contributed by atoms with Crippen molar-refractivity contribution >= 4 is 11.8 Å². The second-order valence-corrected chi connectivity index (χ2v) is 18.8. The van der Waals surface area contributed by atoms with Crippen molar-refractivity contribution in [3.05, 3.63) is 179 Å². The maximum absolute atomic E-state index is 13.6. The number of nitrogens with one attached hydrogen (secondary N) is 2. The fourth-order valence-corrected chi connectivity index (χ4v) is 9.40.